The van der Waals surface area contributed by atoms with Gasteiger partial charge in [0.25, 0.3) is 0 Å². The molecule has 0 spiro atoms. The smallest absolute Gasteiger partial charge is 0.191 e. The average molecular weight is 291 g/mol. The third kappa shape index (κ3) is 4.38. The Hall–Kier alpha value is -1.82. The Labute approximate surface area is 123 Å². The zero-order chi connectivity index (χ0) is 14.2. The Kier molecular flexibility index (Phi) is 5.61. The Morgan fingerprint density at radius 1 is 1.45 bits per heavy atom. The maximum atomic E-state index is 4.23. The summed E-state index contributed by atoms with van der Waals surface area (Å²) in [6, 6.07) is 2.14. The molecule has 0 amide bonds. The van der Waals surface area contributed by atoms with Gasteiger partial charge in [0.2, 0.25) is 0 Å². The molecule has 0 aliphatic carbocycles. The Morgan fingerprint density at radius 3 is 3.00 bits per heavy atom. The highest BCUT2D eigenvalue weighted by molar-refractivity contribution is 7.10. The number of aromatic nitrogens is 2. The number of imidazole rings is 1. The fourth-order valence-corrected chi connectivity index (χ4v) is 2.70. The minimum Gasteiger partial charge on any atom is -0.356 e. The van der Waals surface area contributed by atoms with Gasteiger partial charge in [-0.2, -0.15) is 0 Å². The molecular weight excluding hydrogens is 270 g/mol. The molecular formula is C14H21N5S. The highest BCUT2D eigenvalue weighted by atomic mass is 32.1. The minimum atomic E-state index is 0.824. The lowest BCUT2D eigenvalue weighted by atomic mass is 10.3. The molecule has 108 valence electrons. The lowest BCUT2D eigenvalue weighted by molar-refractivity contribution is 0.624. The van der Waals surface area contributed by atoms with Crippen LogP contribution in [-0.2, 0) is 13.1 Å². The summed E-state index contributed by atoms with van der Waals surface area (Å²) in [5.41, 5.74) is 1.33. The molecule has 2 aromatic rings. The van der Waals surface area contributed by atoms with E-state index >= 15 is 0 Å². The van der Waals surface area contributed by atoms with E-state index in [0.717, 1.165) is 32.0 Å². The summed E-state index contributed by atoms with van der Waals surface area (Å²) in [5.74, 6) is 0.850. The maximum Gasteiger partial charge on any atom is 0.191 e. The van der Waals surface area contributed by atoms with Gasteiger partial charge >= 0.3 is 0 Å². The van der Waals surface area contributed by atoms with Crippen molar-refractivity contribution in [2.75, 3.05) is 13.6 Å². The highest BCUT2D eigenvalue weighted by Crippen LogP contribution is 2.14. The number of rotatable bonds is 6. The van der Waals surface area contributed by atoms with Gasteiger partial charge in [0.15, 0.2) is 5.96 Å². The van der Waals surface area contributed by atoms with Gasteiger partial charge in [-0.25, -0.2) is 4.98 Å². The van der Waals surface area contributed by atoms with Crippen LogP contribution in [0.2, 0.25) is 0 Å². The second-order valence-electron chi connectivity index (χ2n) is 4.53. The van der Waals surface area contributed by atoms with Crippen LogP contribution in [0.3, 0.4) is 0 Å². The van der Waals surface area contributed by atoms with Crippen LogP contribution in [0.15, 0.2) is 35.2 Å². The fourth-order valence-electron chi connectivity index (χ4n) is 1.86. The molecule has 0 unspecified atom stereocenters. The maximum absolute atomic E-state index is 4.23. The molecule has 2 aromatic heterocycles. The molecule has 0 atom stereocenters. The van der Waals surface area contributed by atoms with Crippen LogP contribution in [0.5, 0.6) is 0 Å². The molecule has 2 heterocycles. The SMILES string of the molecule is CN=C(NCCCn1ccnc1)NCc1sccc1C. The van der Waals surface area contributed by atoms with Crippen molar-refractivity contribution >= 4 is 17.3 Å². The lowest BCUT2D eigenvalue weighted by Crippen LogP contribution is -2.37. The first-order valence-electron chi connectivity index (χ1n) is 6.73. The molecule has 20 heavy (non-hydrogen) atoms. The van der Waals surface area contributed by atoms with Crippen molar-refractivity contribution in [1.29, 1.82) is 0 Å². The number of thiophene rings is 1. The Morgan fingerprint density at radius 2 is 2.35 bits per heavy atom. The monoisotopic (exact) mass is 291 g/mol. The van der Waals surface area contributed by atoms with Crippen molar-refractivity contribution in [3.63, 3.8) is 0 Å². The van der Waals surface area contributed by atoms with Crippen LogP contribution in [0, 0.1) is 6.92 Å². The lowest BCUT2D eigenvalue weighted by Gasteiger charge is -2.11. The topological polar surface area (TPSA) is 54.2 Å². The zero-order valence-corrected chi connectivity index (χ0v) is 12.8. The van der Waals surface area contributed by atoms with Crippen molar-refractivity contribution in [3.8, 4) is 0 Å². The molecule has 0 saturated heterocycles. The molecule has 0 aliphatic rings. The molecule has 2 N–H and O–H groups in total. The van der Waals surface area contributed by atoms with Crippen molar-refractivity contribution < 1.29 is 0 Å². The molecule has 5 nitrogen and oxygen atoms in total. The van der Waals surface area contributed by atoms with Crippen LogP contribution >= 0.6 is 11.3 Å². The van der Waals surface area contributed by atoms with E-state index < -0.39 is 0 Å². The predicted octanol–water partition coefficient (Wildman–Crippen LogP) is 2.01. The first-order valence-corrected chi connectivity index (χ1v) is 7.61. The van der Waals surface area contributed by atoms with Gasteiger partial charge in [-0.15, -0.1) is 11.3 Å². The normalized spacial score (nSPS) is 11.6. The van der Waals surface area contributed by atoms with Crippen LogP contribution < -0.4 is 10.6 Å². The summed E-state index contributed by atoms with van der Waals surface area (Å²) < 4.78 is 2.08. The summed E-state index contributed by atoms with van der Waals surface area (Å²) in [7, 11) is 1.80. The Bertz CT molecular complexity index is 530. The number of hydrogen-bond donors (Lipinski definition) is 2. The minimum absolute atomic E-state index is 0.824. The molecule has 0 aliphatic heterocycles. The van der Waals surface area contributed by atoms with Gasteiger partial charge in [-0.3, -0.25) is 4.99 Å². The largest absolute Gasteiger partial charge is 0.356 e. The molecule has 0 fully saturated rings. The van der Waals surface area contributed by atoms with E-state index in [1.54, 1.807) is 24.6 Å². The predicted molar refractivity (Wildman–Crippen MR) is 84.1 cm³/mol. The summed E-state index contributed by atoms with van der Waals surface area (Å²) in [6.07, 6.45) is 6.66. The van der Waals surface area contributed by atoms with Gasteiger partial charge < -0.3 is 15.2 Å². The fraction of sp³-hybridized carbons (Fsp3) is 0.429. The van der Waals surface area contributed by atoms with Gasteiger partial charge in [-0.1, -0.05) is 0 Å². The van der Waals surface area contributed by atoms with Crippen molar-refractivity contribution in [2.45, 2.75) is 26.4 Å². The number of guanidine groups is 1. The second-order valence-corrected chi connectivity index (χ2v) is 5.53. The van der Waals surface area contributed by atoms with Crippen molar-refractivity contribution in [1.82, 2.24) is 20.2 Å². The van der Waals surface area contributed by atoms with Crippen LogP contribution in [0.25, 0.3) is 0 Å². The van der Waals surface area contributed by atoms with E-state index in [2.05, 4.69) is 43.5 Å². The van der Waals surface area contributed by atoms with Gasteiger partial charge in [0.1, 0.15) is 0 Å². The summed E-state index contributed by atoms with van der Waals surface area (Å²) >= 11 is 1.77. The molecule has 0 bridgehead atoms. The van der Waals surface area contributed by atoms with E-state index in [9.17, 15) is 0 Å². The standard InChI is InChI=1S/C14H21N5S/c1-12-4-9-20-13(12)10-18-14(15-2)17-5-3-7-19-8-6-16-11-19/h4,6,8-9,11H,3,5,7,10H2,1-2H3,(H2,15,17,18). The first kappa shape index (κ1) is 14.6. The van der Waals surface area contributed by atoms with E-state index in [0.29, 0.717) is 0 Å². The second kappa shape index (κ2) is 7.69. The molecule has 2 rings (SSSR count). The summed E-state index contributed by atoms with van der Waals surface area (Å²) in [6.45, 7) is 4.81. The molecule has 0 saturated carbocycles. The van der Waals surface area contributed by atoms with Gasteiger partial charge in [0, 0.05) is 37.4 Å². The number of nitrogens with zero attached hydrogens (tertiary/aromatic N) is 3. The third-order valence-electron chi connectivity index (χ3n) is 3.05. The summed E-state index contributed by atoms with van der Waals surface area (Å²) in [4.78, 5) is 9.61. The van der Waals surface area contributed by atoms with Crippen molar-refractivity contribution in [3.05, 3.63) is 40.6 Å². The summed E-state index contributed by atoms with van der Waals surface area (Å²) in [5, 5.41) is 8.78. The van der Waals surface area contributed by atoms with Crippen LogP contribution in [0.1, 0.15) is 16.9 Å². The number of aryl methyl sites for hydroxylation is 2. The molecule has 6 heteroatoms. The number of nitrogens with one attached hydrogen (secondary N) is 2. The number of aliphatic imine (C=N–C) groups is 1. The number of hydrogen-bond acceptors (Lipinski definition) is 3. The average Bonchev–Trinajstić information content (AvgIpc) is 3.10. The first-order chi connectivity index (χ1) is 9.79. The molecule has 0 aromatic carbocycles. The van der Waals surface area contributed by atoms with Gasteiger partial charge in [0.05, 0.1) is 12.9 Å². The zero-order valence-electron chi connectivity index (χ0n) is 12.0. The quantitative estimate of drug-likeness (QED) is 0.486. The van der Waals surface area contributed by atoms with E-state index in [1.165, 1.54) is 10.4 Å². The van der Waals surface area contributed by atoms with E-state index in [4.69, 9.17) is 0 Å². The van der Waals surface area contributed by atoms with Gasteiger partial charge in [-0.05, 0) is 30.4 Å². The van der Waals surface area contributed by atoms with E-state index in [1.807, 2.05) is 12.5 Å². The van der Waals surface area contributed by atoms with Crippen molar-refractivity contribution in [2.24, 2.45) is 4.99 Å². The van der Waals surface area contributed by atoms with Crippen LogP contribution in [0.4, 0.5) is 0 Å². The van der Waals surface area contributed by atoms with Crippen LogP contribution in [-0.4, -0.2) is 29.1 Å². The highest BCUT2D eigenvalue weighted by Gasteiger charge is 2.01. The third-order valence-corrected chi connectivity index (χ3v) is 4.08. The Balaban J connectivity index is 1.66. The molecule has 0 radical (unpaired) electrons. The van der Waals surface area contributed by atoms with E-state index in [-0.39, 0.29) is 0 Å².